The molecule has 2 bridgehead atoms. The summed E-state index contributed by atoms with van der Waals surface area (Å²) in [6.07, 6.45) is 5.27. The highest BCUT2D eigenvalue weighted by molar-refractivity contribution is 5.71. The summed E-state index contributed by atoms with van der Waals surface area (Å²) in [7, 11) is 1.49. The van der Waals surface area contributed by atoms with Crippen molar-refractivity contribution in [2.24, 2.45) is 17.3 Å². The van der Waals surface area contributed by atoms with Crippen molar-refractivity contribution in [3.8, 4) is 0 Å². The molecule has 3 aliphatic carbocycles. The zero-order valence-corrected chi connectivity index (χ0v) is 15.6. The number of methoxy groups -OCH3 is 1. The number of aliphatic hydroxyl groups excluding tert-OH is 1. The van der Waals surface area contributed by atoms with Crippen LogP contribution in [0.1, 0.15) is 44.9 Å². The average Bonchev–Trinajstić information content (AvgIpc) is 3.20. The summed E-state index contributed by atoms with van der Waals surface area (Å²) in [6, 6.07) is 0. The monoisotopic (exact) mass is 366 g/mol. The first kappa shape index (κ1) is 18.4. The Morgan fingerprint density at radius 2 is 2.08 bits per heavy atom. The predicted molar refractivity (Wildman–Crippen MR) is 93.3 cm³/mol. The Labute approximate surface area is 154 Å². The molecule has 6 nitrogen and oxygen atoms in total. The number of ether oxygens (including phenoxy) is 4. The van der Waals surface area contributed by atoms with Crippen LogP contribution in [0, 0.1) is 17.3 Å². The summed E-state index contributed by atoms with van der Waals surface area (Å²) >= 11 is 0. The maximum atomic E-state index is 12.2. The van der Waals surface area contributed by atoms with E-state index < -0.39 is 11.9 Å². The lowest BCUT2D eigenvalue weighted by Crippen LogP contribution is -2.54. The van der Waals surface area contributed by atoms with Gasteiger partial charge < -0.3 is 24.1 Å². The van der Waals surface area contributed by atoms with Crippen molar-refractivity contribution < 1.29 is 28.8 Å². The van der Waals surface area contributed by atoms with E-state index in [2.05, 4.69) is 6.58 Å². The van der Waals surface area contributed by atoms with Crippen molar-refractivity contribution in [1.29, 1.82) is 0 Å². The van der Waals surface area contributed by atoms with Gasteiger partial charge in [-0.05, 0) is 36.7 Å². The van der Waals surface area contributed by atoms with Crippen LogP contribution in [0.15, 0.2) is 12.2 Å². The van der Waals surface area contributed by atoms with Crippen LogP contribution in [0.25, 0.3) is 0 Å². The van der Waals surface area contributed by atoms with Crippen LogP contribution >= 0.6 is 0 Å². The van der Waals surface area contributed by atoms with Crippen molar-refractivity contribution in [2.75, 3.05) is 26.9 Å². The van der Waals surface area contributed by atoms with Crippen LogP contribution in [0.2, 0.25) is 0 Å². The predicted octanol–water partition coefficient (Wildman–Crippen LogP) is 2.20. The third kappa shape index (κ3) is 2.91. The van der Waals surface area contributed by atoms with Gasteiger partial charge in [0.1, 0.15) is 12.7 Å². The molecule has 6 heteroatoms. The maximum absolute atomic E-state index is 12.2. The van der Waals surface area contributed by atoms with Gasteiger partial charge in [-0.3, -0.25) is 0 Å². The molecule has 1 heterocycles. The van der Waals surface area contributed by atoms with E-state index in [1.165, 1.54) is 7.11 Å². The Morgan fingerprint density at radius 3 is 2.81 bits per heavy atom. The number of esters is 1. The van der Waals surface area contributed by atoms with Crippen LogP contribution < -0.4 is 0 Å². The molecule has 4 aliphatic rings. The molecule has 0 radical (unpaired) electrons. The van der Waals surface area contributed by atoms with Gasteiger partial charge in [-0.15, -0.1) is 0 Å². The molecule has 26 heavy (non-hydrogen) atoms. The molecule has 1 spiro atoms. The summed E-state index contributed by atoms with van der Waals surface area (Å²) in [5.41, 5.74) is 0.737. The van der Waals surface area contributed by atoms with Crippen molar-refractivity contribution in [2.45, 2.75) is 62.9 Å². The molecule has 3 saturated carbocycles. The normalized spacial score (nSPS) is 41.5. The average molecular weight is 366 g/mol. The lowest BCUT2D eigenvalue weighted by atomic mass is 9.56. The summed E-state index contributed by atoms with van der Waals surface area (Å²) in [5.74, 6) is -0.629. The van der Waals surface area contributed by atoms with E-state index in [9.17, 15) is 9.90 Å². The molecule has 0 aromatic heterocycles. The molecular weight excluding hydrogens is 336 g/mol. The van der Waals surface area contributed by atoms with Crippen LogP contribution in [0.3, 0.4) is 0 Å². The van der Waals surface area contributed by atoms with E-state index in [1.807, 2.05) is 0 Å². The van der Waals surface area contributed by atoms with Crippen LogP contribution in [0.5, 0.6) is 0 Å². The molecule has 1 aliphatic heterocycles. The minimum atomic E-state index is -0.574. The molecule has 4 rings (SSSR count). The first-order valence-electron chi connectivity index (χ1n) is 9.82. The zero-order chi connectivity index (χ0) is 18.4. The molecule has 0 aromatic rings. The SMILES string of the molecule is C=C1C[C@H](OC(=O)COC)C2CCCC3(CCC4(OCCO4)C23)C[C@@H]1O. The fraction of sp³-hybridized carbons (Fsp3) is 0.850. The Morgan fingerprint density at radius 1 is 1.31 bits per heavy atom. The molecule has 5 atom stereocenters. The summed E-state index contributed by atoms with van der Waals surface area (Å²) in [5, 5.41) is 10.8. The maximum Gasteiger partial charge on any atom is 0.332 e. The van der Waals surface area contributed by atoms with Crippen LogP contribution in [-0.2, 0) is 23.7 Å². The summed E-state index contributed by atoms with van der Waals surface area (Å²) < 4.78 is 23.1. The van der Waals surface area contributed by atoms with Gasteiger partial charge in [-0.2, -0.15) is 0 Å². The quantitative estimate of drug-likeness (QED) is 0.610. The fourth-order valence-electron chi connectivity index (χ4n) is 6.17. The van der Waals surface area contributed by atoms with Crippen molar-refractivity contribution in [1.82, 2.24) is 0 Å². The van der Waals surface area contributed by atoms with E-state index in [0.717, 1.165) is 37.7 Å². The van der Waals surface area contributed by atoms with Crippen molar-refractivity contribution in [3.05, 3.63) is 12.2 Å². The second-order valence-electron chi connectivity index (χ2n) is 8.45. The van der Waals surface area contributed by atoms with E-state index in [4.69, 9.17) is 18.9 Å². The Hall–Kier alpha value is -0.950. The summed E-state index contributed by atoms with van der Waals surface area (Å²) in [6.45, 7) is 5.26. The van der Waals surface area contributed by atoms with E-state index in [0.29, 0.717) is 26.1 Å². The Bertz CT molecular complexity index is 569. The van der Waals surface area contributed by atoms with Crippen molar-refractivity contribution in [3.63, 3.8) is 0 Å². The molecule has 1 saturated heterocycles. The minimum absolute atomic E-state index is 0.0258. The van der Waals surface area contributed by atoms with Gasteiger partial charge in [-0.25, -0.2) is 4.79 Å². The molecule has 4 fully saturated rings. The largest absolute Gasteiger partial charge is 0.460 e. The first-order valence-corrected chi connectivity index (χ1v) is 9.82. The molecule has 1 N–H and O–H groups in total. The second-order valence-corrected chi connectivity index (χ2v) is 8.45. The van der Waals surface area contributed by atoms with Gasteiger partial charge >= 0.3 is 5.97 Å². The summed E-state index contributed by atoms with van der Waals surface area (Å²) in [4.78, 5) is 12.2. The Balaban J connectivity index is 1.70. The molecular formula is C20H30O6. The highest BCUT2D eigenvalue weighted by atomic mass is 16.7. The molecule has 0 amide bonds. The van der Waals surface area contributed by atoms with Crippen LogP contribution in [-0.4, -0.2) is 56.0 Å². The number of carbonyl (C=O) groups excluding carboxylic acids is 1. The number of rotatable bonds is 3. The first-order chi connectivity index (χ1) is 12.5. The van der Waals surface area contributed by atoms with Gasteiger partial charge in [0, 0.05) is 31.8 Å². The van der Waals surface area contributed by atoms with Gasteiger partial charge in [0.2, 0.25) is 0 Å². The lowest BCUT2D eigenvalue weighted by molar-refractivity contribution is -0.231. The highest BCUT2D eigenvalue weighted by Crippen LogP contribution is 2.65. The number of hydrogen-bond acceptors (Lipinski definition) is 6. The van der Waals surface area contributed by atoms with Crippen molar-refractivity contribution >= 4 is 5.97 Å². The molecule has 0 aromatic carbocycles. The lowest BCUT2D eigenvalue weighted by Gasteiger charge is -2.52. The van der Waals surface area contributed by atoms with E-state index in [1.54, 1.807) is 0 Å². The van der Waals surface area contributed by atoms with Gasteiger partial charge in [-0.1, -0.05) is 13.0 Å². The Kier molecular flexibility index (Phi) is 4.88. The molecule has 146 valence electrons. The minimum Gasteiger partial charge on any atom is -0.460 e. The topological polar surface area (TPSA) is 74.2 Å². The fourth-order valence-corrected chi connectivity index (χ4v) is 6.17. The van der Waals surface area contributed by atoms with Crippen LogP contribution in [0.4, 0.5) is 0 Å². The number of aliphatic hydroxyl groups is 1. The smallest absolute Gasteiger partial charge is 0.332 e. The highest BCUT2D eigenvalue weighted by Gasteiger charge is 2.65. The van der Waals surface area contributed by atoms with E-state index >= 15 is 0 Å². The molecule has 3 unspecified atom stereocenters. The number of hydrogen-bond donors (Lipinski definition) is 1. The third-order valence-electron chi connectivity index (χ3n) is 7.08. The van der Waals surface area contributed by atoms with Gasteiger partial charge in [0.15, 0.2) is 5.79 Å². The standard InChI is InChI=1S/C20H30O6/c1-13-10-16(26-17(22)12-23-2)14-4-3-5-19(11-15(13)21)6-7-20(18(14)19)24-8-9-25-20/h14-16,18,21H,1,3-12H2,2H3/t14?,15-,16-,18?,19?/m0/s1. The third-order valence-corrected chi connectivity index (χ3v) is 7.08. The number of carbonyl (C=O) groups is 1. The van der Waals surface area contributed by atoms with Gasteiger partial charge in [0.25, 0.3) is 0 Å². The van der Waals surface area contributed by atoms with E-state index in [-0.39, 0.29) is 35.9 Å². The van der Waals surface area contributed by atoms with Gasteiger partial charge in [0.05, 0.1) is 19.3 Å². The zero-order valence-electron chi connectivity index (χ0n) is 15.6. The second kappa shape index (κ2) is 6.89.